The van der Waals surface area contributed by atoms with Crippen molar-refractivity contribution in [1.82, 2.24) is 0 Å². The van der Waals surface area contributed by atoms with E-state index in [-0.39, 0.29) is 24.3 Å². The molecule has 0 saturated carbocycles. The second-order valence-electron chi connectivity index (χ2n) is 3.40. The van der Waals surface area contributed by atoms with Crippen LogP contribution in [-0.2, 0) is 0 Å². The third kappa shape index (κ3) is 3.28. The molecule has 0 aliphatic carbocycles. The third-order valence-corrected chi connectivity index (χ3v) is 2.22. The fourth-order valence-corrected chi connectivity index (χ4v) is 1.32. The summed E-state index contributed by atoms with van der Waals surface area (Å²) in [6.07, 6.45) is 1.93. The maximum absolute atomic E-state index is 13.1. The number of halogens is 2. The highest BCUT2D eigenvalue weighted by atomic mass is 35.5. The molecule has 0 aliphatic heterocycles. The van der Waals surface area contributed by atoms with E-state index in [0.717, 1.165) is 18.4 Å². The third-order valence-electron chi connectivity index (χ3n) is 2.22. The van der Waals surface area contributed by atoms with Crippen molar-refractivity contribution in [2.45, 2.75) is 32.7 Å². The monoisotopic (exact) mass is 217 g/mol. The van der Waals surface area contributed by atoms with E-state index in [0.29, 0.717) is 5.56 Å². The van der Waals surface area contributed by atoms with Crippen LogP contribution < -0.4 is 5.73 Å². The van der Waals surface area contributed by atoms with Gasteiger partial charge < -0.3 is 5.73 Å². The molecule has 0 aromatic heterocycles. The molecule has 1 nitrogen and oxygen atoms in total. The van der Waals surface area contributed by atoms with Gasteiger partial charge in [-0.3, -0.25) is 0 Å². The lowest BCUT2D eigenvalue weighted by atomic mass is 10.0. The lowest BCUT2D eigenvalue weighted by molar-refractivity contribution is 0.599. The Morgan fingerprint density at radius 1 is 1.43 bits per heavy atom. The highest BCUT2D eigenvalue weighted by Crippen LogP contribution is 2.18. The van der Waals surface area contributed by atoms with Gasteiger partial charge in [-0.15, -0.1) is 12.4 Å². The average molecular weight is 218 g/mol. The van der Waals surface area contributed by atoms with Gasteiger partial charge in [0.2, 0.25) is 0 Å². The van der Waals surface area contributed by atoms with Crippen molar-refractivity contribution in [3.8, 4) is 0 Å². The number of nitrogens with two attached hydrogens (primary N) is 1. The zero-order valence-corrected chi connectivity index (χ0v) is 9.40. The second-order valence-corrected chi connectivity index (χ2v) is 3.40. The van der Waals surface area contributed by atoms with E-state index in [9.17, 15) is 4.39 Å². The van der Waals surface area contributed by atoms with E-state index in [1.807, 2.05) is 6.07 Å². The van der Waals surface area contributed by atoms with Crippen LogP contribution in [0.15, 0.2) is 18.2 Å². The van der Waals surface area contributed by atoms with E-state index >= 15 is 0 Å². The molecule has 0 heterocycles. The molecular weight excluding hydrogens is 201 g/mol. The molecule has 1 atom stereocenters. The van der Waals surface area contributed by atoms with Crippen LogP contribution in [0.2, 0.25) is 0 Å². The van der Waals surface area contributed by atoms with Crippen LogP contribution in [0.3, 0.4) is 0 Å². The molecule has 0 bridgehead atoms. The molecule has 0 unspecified atom stereocenters. The minimum absolute atomic E-state index is 0. The molecule has 0 amide bonds. The summed E-state index contributed by atoms with van der Waals surface area (Å²) in [5.74, 6) is -0.163. The maximum Gasteiger partial charge on any atom is 0.126 e. The average Bonchev–Trinajstić information content (AvgIpc) is 2.10. The van der Waals surface area contributed by atoms with E-state index in [1.165, 1.54) is 6.07 Å². The van der Waals surface area contributed by atoms with Crippen molar-refractivity contribution in [3.05, 3.63) is 35.1 Å². The Morgan fingerprint density at radius 2 is 2.07 bits per heavy atom. The van der Waals surface area contributed by atoms with Crippen molar-refractivity contribution in [1.29, 1.82) is 0 Å². The predicted molar refractivity (Wildman–Crippen MR) is 60.2 cm³/mol. The van der Waals surface area contributed by atoms with Gasteiger partial charge in [-0.25, -0.2) is 4.39 Å². The molecule has 80 valence electrons. The zero-order valence-electron chi connectivity index (χ0n) is 8.59. The van der Waals surface area contributed by atoms with E-state index < -0.39 is 0 Å². The van der Waals surface area contributed by atoms with Crippen molar-refractivity contribution in [2.24, 2.45) is 5.73 Å². The fraction of sp³-hybridized carbons (Fsp3) is 0.455. The molecule has 1 aromatic rings. The Balaban J connectivity index is 0.00000169. The Kier molecular flexibility index (Phi) is 5.73. The summed E-state index contributed by atoms with van der Waals surface area (Å²) >= 11 is 0. The molecule has 1 aromatic carbocycles. The Hall–Kier alpha value is -0.600. The van der Waals surface area contributed by atoms with Gasteiger partial charge in [0.15, 0.2) is 0 Å². The largest absolute Gasteiger partial charge is 0.324 e. The summed E-state index contributed by atoms with van der Waals surface area (Å²) < 4.78 is 13.1. The first kappa shape index (κ1) is 13.4. The van der Waals surface area contributed by atoms with Crippen molar-refractivity contribution in [3.63, 3.8) is 0 Å². The van der Waals surface area contributed by atoms with Crippen LogP contribution in [0.5, 0.6) is 0 Å². The minimum Gasteiger partial charge on any atom is -0.324 e. The molecule has 0 saturated heterocycles. The fourth-order valence-electron chi connectivity index (χ4n) is 1.32. The molecule has 0 aliphatic rings. The van der Waals surface area contributed by atoms with Gasteiger partial charge in [0.05, 0.1) is 0 Å². The van der Waals surface area contributed by atoms with Gasteiger partial charge in [0, 0.05) is 6.04 Å². The molecule has 14 heavy (non-hydrogen) atoms. The molecule has 2 N–H and O–H groups in total. The summed E-state index contributed by atoms with van der Waals surface area (Å²) in [6, 6.07) is 5.19. The molecule has 0 radical (unpaired) electrons. The summed E-state index contributed by atoms with van der Waals surface area (Å²) in [5.41, 5.74) is 7.42. The molecule has 1 rings (SSSR count). The van der Waals surface area contributed by atoms with E-state index in [2.05, 4.69) is 6.92 Å². The Bertz CT molecular complexity index is 289. The van der Waals surface area contributed by atoms with Gasteiger partial charge in [0.25, 0.3) is 0 Å². The number of hydrogen-bond acceptors (Lipinski definition) is 1. The summed E-state index contributed by atoms with van der Waals surface area (Å²) in [5, 5.41) is 0. The smallest absolute Gasteiger partial charge is 0.126 e. The molecule has 3 heteroatoms. The van der Waals surface area contributed by atoms with E-state index in [4.69, 9.17) is 5.73 Å². The van der Waals surface area contributed by atoms with Gasteiger partial charge in [-0.1, -0.05) is 25.5 Å². The molecule has 0 spiro atoms. The SMILES string of the molecule is CCC[C@H](N)c1ccc(C)c(F)c1.Cl. The van der Waals surface area contributed by atoms with Gasteiger partial charge >= 0.3 is 0 Å². The zero-order chi connectivity index (χ0) is 9.84. The van der Waals surface area contributed by atoms with Gasteiger partial charge in [-0.2, -0.15) is 0 Å². The Labute approximate surface area is 90.9 Å². The first-order valence-electron chi connectivity index (χ1n) is 4.66. The molecular formula is C11H17ClFN. The Morgan fingerprint density at radius 3 is 2.57 bits per heavy atom. The minimum atomic E-state index is -0.163. The van der Waals surface area contributed by atoms with Gasteiger partial charge in [-0.05, 0) is 30.5 Å². The predicted octanol–water partition coefficient (Wildman–Crippen LogP) is 3.36. The summed E-state index contributed by atoms with van der Waals surface area (Å²) in [7, 11) is 0. The first-order chi connectivity index (χ1) is 6.15. The summed E-state index contributed by atoms with van der Waals surface area (Å²) in [4.78, 5) is 0. The number of hydrogen-bond donors (Lipinski definition) is 1. The van der Waals surface area contributed by atoms with Crippen LogP contribution in [-0.4, -0.2) is 0 Å². The van der Waals surface area contributed by atoms with Crippen molar-refractivity contribution in [2.75, 3.05) is 0 Å². The van der Waals surface area contributed by atoms with Crippen LogP contribution in [0.25, 0.3) is 0 Å². The second kappa shape index (κ2) is 5.99. The lowest BCUT2D eigenvalue weighted by Gasteiger charge is -2.11. The topological polar surface area (TPSA) is 26.0 Å². The van der Waals surface area contributed by atoms with Crippen LogP contribution >= 0.6 is 12.4 Å². The maximum atomic E-state index is 13.1. The quantitative estimate of drug-likeness (QED) is 0.826. The number of benzene rings is 1. The van der Waals surface area contributed by atoms with Crippen molar-refractivity contribution >= 4 is 12.4 Å². The number of rotatable bonds is 3. The highest BCUT2D eigenvalue weighted by molar-refractivity contribution is 5.85. The van der Waals surface area contributed by atoms with Crippen LogP contribution in [0, 0.1) is 12.7 Å². The van der Waals surface area contributed by atoms with Gasteiger partial charge in [0.1, 0.15) is 5.82 Å². The van der Waals surface area contributed by atoms with Crippen LogP contribution in [0.1, 0.15) is 36.9 Å². The summed E-state index contributed by atoms with van der Waals surface area (Å²) in [6.45, 7) is 3.83. The highest BCUT2D eigenvalue weighted by Gasteiger charge is 2.06. The first-order valence-corrected chi connectivity index (χ1v) is 4.66. The normalized spacial score (nSPS) is 12.0. The lowest BCUT2D eigenvalue weighted by Crippen LogP contribution is -2.10. The van der Waals surface area contributed by atoms with E-state index in [1.54, 1.807) is 13.0 Å². The number of aryl methyl sites for hydroxylation is 1. The van der Waals surface area contributed by atoms with Crippen molar-refractivity contribution < 1.29 is 4.39 Å². The standard InChI is InChI=1S/C11H16FN.ClH/c1-3-4-11(13)9-6-5-8(2)10(12)7-9;/h5-7,11H,3-4,13H2,1-2H3;1H/t11-;/m0./s1. The molecule has 0 fully saturated rings. The van der Waals surface area contributed by atoms with Crippen LogP contribution in [0.4, 0.5) is 4.39 Å².